The summed E-state index contributed by atoms with van der Waals surface area (Å²) in [6.45, 7) is 10.3. The summed E-state index contributed by atoms with van der Waals surface area (Å²) in [7, 11) is 2.16. The van der Waals surface area contributed by atoms with Crippen molar-refractivity contribution in [1.82, 2.24) is 0 Å². The third kappa shape index (κ3) is 5.68. The number of hydrogen-bond acceptors (Lipinski definition) is 0. The van der Waals surface area contributed by atoms with Crippen LogP contribution < -0.4 is 0 Å². The molecule has 0 heterocycles. The molecule has 0 amide bonds. The fourth-order valence-corrected chi connectivity index (χ4v) is 0.753. The molecular weight excluding hydrogens is 119 g/mol. The maximum Gasteiger partial charge on any atom is 0.153 e. The second kappa shape index (κ2) is 5.34. The third-order valence-corrected chi connectivity index (χ3v) is 1.12. The zero-order chi connectivity index (χ0) is 7.98. The molecule has 0 aromatic heterocycles. The van der Waals surface area contributed by atoms with Gasteiger partial charge in [0.05, 0.1) is 0 Å². The Morgan fingerprint density at radius 1 is 1.60 bits per heavy atom. The van der Waals surface area contributed by atoms with Gasteiger partial charge >= 0.3 is 0 Å². The fraction of sp³-hybridized carbons (Fsp3) is 0.556. The summed E-state index contributed by atoms with van der Waals surface area (Å²) in [6, 6.07) is 0. The zero-order valence-corrected chi connectivity index (χ0v) is 7.22. The first kappa shape index (κ1) is 9.54. The van der Waals surface area contributed by atoms with Gasteiger partial charge in [0.25, 0.3) is 0 Å². The normalized spacial score (nSPS) is 10.8. The first-order valence-electron chi connectivity index (χ1n) is 3.87. The molecule has 0 aromatic rings. The molecule has 0 bridgehead atoms. The van der Waals surface area contributed by atoms with Gasteiger partial charge in [-0.1, -0.05) is 44.2 Å². The minimum absolute atomic E-state index is 0.606. The average Bonchev–Trinajstić information content (AvgIpc) is 1.82. The molecule has 55 valence electrons. The summed E-state index contributed by atoms with van der Waals surface area (Å²) < 4.78 is 0. The molecule has 1 heteroatoms. The minimum atomic E-state index is 0.606. The highest BCUT2D eigenvalue weighted by Crippen LogP contribution is 2.04. The molecule has 10 heavy (non-hydrogen) atoms. The number of hydrogen-bond donors (Lipinski definition) is 0. The maximum absolute atomic E-state index is 3.89. The summed E-state index contributed by atoms with van der Waals surface area (Å²) in [5.74, 6) is 0.606. The van der Waals surface area contributed by atoms with Gasteiger partial charge in [-0.2, -0.15) is 0 Å². The molecule has 0 saturated carbocycles. The van der Waals surface area contributed by atoms with Gasteiger partial charge < -0.3 is 0 Å². The van der Waals surface area contributed by atoms with Crippen molar-refractivity contribution >= 4 is 7.28 Å². The largest absolute Gasteiger partial charge is 0.153 e. The van der Waals surface area contributed by atoms with Gasteiger partial charge in [0.2, 0.25) is 0 Å². The lowest BCUT2D eigenvalue weighted by Crippen LogP contribution is -1.96. The van der Waals surface area contributed by atoms with Crippen molar-refractivity contribution in [2.45, 2.75) is 33.0 Å². The van der Waals surface area contributed by atoms with Crippen LogP contribution in [0.2, 0.25) is 5.82 Å². The highest BCUT2D eigenvalue weighted by atomic mass is 13.8. The van der Waals surface area contributed by atoms with Crippen LogP contribution in [0.15, 0.2) is 24.2 Å². The SMILES string of the molecule is C=C([B]C(C)C)/C=C/CC. The van der Waals surface area contributed by atoms with Crippen molar-refractivity contribution in [3.63, 3.8) is 0 Å². The Hall–Kier alpha value is -0.455. The Balaban J connectivity index is 3.54. The predicted molar refractivity (Wildman–Crippen MR) is 49.4 cm³/mol. The summed E-state index contributed by atoms with van der Waals surface area (Å²) >= 11 is 0. The summed E-state index contributed by atoms with van der Waals surface area (Å²) in [5, 5.41) is 0. The number of allylic oxidation sites excluding steroid dienone is 3. The Kier molecular flexibility index (Phi) is 5.10. The molecule has 0 nitrogen and oxygen atoms in total. The van der Waals surface area contributed by atoms with E-state index in [9.17, 15) is 0 Å². The van der Waals surface area contributed by atoms with Crippen LogP contribution in [-0.2, 0) is 0 Å². The van der Waals surface area contributed by atoms with Crippen molar-refractivity contribution in [1.29, 1.82) is 0 Å². The molecule has 1 radical (unpaired) electrons. The van der Waals surface area contributed by atoms with Gasteiger partial charge in [0, 0.05) is 0 Å². The molecule has 0 atom stereocenters. The second-order valence-electron chi connectivity index (χ2n) is 2.80. The molecule has 0 aliphatic rings. The number of rotatable bonds is 4. The van der Waals surface area contributed by atoms with E-state index in [1.165, 1.54) is 0 Å². The second-order valence-corrected chi connectivity index (χ2v) is 2.80. The molecule has 0 saturated heterocycles. The highest BCUT2D eigenvalue weighted by Gasteiger charge is 1.96. The van der Waals surface area contributed by atoms with Gasteiger partial charge in [-0.15, -0.1) is 6.58 Å². The van der Waals surface area contributed by atoms with Crippen molar-refractivity contribution in [3.8, 4) is 0 Å². The van der Waals surface area contributed by atoms with E-state index < -0.39 is 0 Å². The van der Waals surface area contributed by atoms with Gasteiger partial charge in [-0.3, -0.25) is 0 Å². The van der Waals surface area contributed by atoms with E-state index in [4.69, 9.17) is 0 Å². The van der Waals surface area contributed by atoms with E-state index in [0.717, 1.165) is 11.9 Å². The van der Waals surface area contributed by atoms with E-state index in [-0.39, 0.29) is 0 Å². The molecule has 0 unspecified atom stereocenters. The predicted octanol–water partition coefficient (Wildman–Crippen LogP) is 3.00. The van der Waals surface area contributed by atoms with Gasteiger partial charge in [-0.05, 0) is 6.42 Å². The summed E-state index contributed by atoms with van der Waals surface area (Å²) in [4.78, 5) is 0. The fourth-order valence-electron chi connectivity index (χ4n) is 0.753. The van der Waals surface area contributed by atoms with E-state index >= 15 is 0 Å². The molecule has 0 fully saturated rings. The monoisotopic (exact) mass is 135 g/mol. The highest BCUT2D eigenvalue weighted by molar-refractivity contribution is 6.47. The molecule has 0 aromatic carbocycles. The van der Waals surface area contributed by atoms with E-state index in [0.29, 0.717) is 5.82 Å². The van der Waals surface area contributed by atoms with Crippen LogP contribution in [0.3, 0.4) is 0 Å². The van der Waals surface area contributed by atoms with Crippen LogP contribution in [0, 0.1) is 0 Å². The van der Waals surface area contributed by atoms with Crippen molar-refractivity contribution < 1.29 is 0 Å². The first-order chi connectivity index (χ1) is 4.66. The van der Waals surface area contributed by atoms with Crippen molar-refractivity contribution in [2.24, 2.45) is 0 Å². The van der Waals surface area contributed by atoms with Crippen LogP contribution in [0.25, 0.3) is 0 Å². The Bertz CT molecular complexity index is 123. The molecule has 0 aliphatic heterocycles. The van der Waals surface area contributed by atoms with Crippen LogP contribution in [0.5, 0.6) is 0 Å². The zero-order valence-electron chi connectivity index (χ0n) is 7.22. The van der Waals surface area contributed by atoms with E-state index in [2.05, 4.69) is 46.8 Å². The molecule has 0 aliphatic carbocycles. The van der Waals surface area contributed by atoms with E-state index in [1.54, 1.807) is 0 Å². The van der Waals surface area contributed by atoms with Crippen molar-refractivity contribution in [3.05, 3.63) is 24.2 Å². The lowest BCUT2D eigenvalue weighted by atomic mass is 9.60. The molecule has 0 spiro atoms. The van der Waals surface area contributed by atoms with Crippen LogP contribution in [0.4, 0.5) is 0 Å². The van der Waals surface area contributed by atoms with Crippen LogP contribution in [0.1, 0.15) is 27.2 Å². The molecular formula is C9H16B. The Labute approximate surface area is 65.3 Å². The maximum atomic E-state index is 3.89. The molecule has 0 N–H and O–H groups in total. The standard InChI is InChI=1S/C9H16B/c1-5-6-7-9(4)10-8(2)3/h6-8H,4-5H2,1-3H3/b7-6+. The van der Waals surface area contributed by atoms with E-state index in [1.807, 2.05) is 0 Å². The first-order valence-corrected chi connectivity index (χ1v) is 3.87. The minimum Gasteiger partial charge on any atom is -0.105 e. The summed E-state index contributed by atoms with van der Waals surface area (Å²) in [5.41, 5.74) is 1.12. The Morgan fingerprint density at radius 3 is 2.60 bits per heavy atom. The lowest BCUT2D eigenvalue weighted by Gasteiger charge is -2.00. The van der Waals surface area contributed by atoms with Gasteiger partial charge in [0.15, 0.2) is 7.28 Å². The summed E-state index contributed by atoms with van der Waals surface area (Å²) in [6.07, 6.45) is 5.28. The average molecular weight is 135 g/mol. The van der Waals surface area contributed by atoms with Gasteiger partial charge in [-0.25, -0.2) is 0 Å². The molecule has 0 rings (SSSR count). The third-order valence-electron chi connectivity index (χ3n) is 1.12. The Morgan fingerprint density at radius 2 is 2.20 bits per heavy atom. The van der Waals surface area contributed by atoms with Crippen LogP contribution in [-0.4, -0.2) is 7.28 Å². The van der Waals surface area contributed by atoms with Gasteiger partial charge in [0.1, 0.15) is 0 Å². The van der Waals surface area contributed by atoms with Crippen molar-refractivity contribution in [2.75, 3.05) is 0 Å². The quantitative estimate of drug-likeness (QED) is 0.410. The topological polar surface area (TPSA) is 0 Å². The smallest absolute Gasteiger partial charge is 0.105 e. The lowest BCUT2D eigenvalue weighted by molar-refractivity contribution is 1.06. The van der Waals surface area contributed by atoms with Crippen LogP contribution >= 0.6 is 0 Å².